The van der Waals surface area contributed by atoms with Crippen LogP contribution in [0.1, 0.15) is 43.7 Å². The Morgan fingerprint density at radius 1 is 1.13 bits per heavy atom. The van der Waals surface area contributed by atoms with Gasteiger partial charge in [-0.05, 0) is 42.5 Å². The Morgan fingerprint density at radius 2 is 1.74 bits per heavy atom. The first-order valence-corrected chi connectivity index (χ1v) is 10.5. The van der Waals surface area contributed by atoms with Crippen molar-refractivity contribution < 1.29 is 24.2 Å². The minimum Gasteiger partial charge on any atom is -0.481 e. The zero-order valence-electron chi connectivity index (χ0n) is 17.8. The van der Waals surface area contributed by atoms with Gasteiger partial charge in [0.2, 0.25) is 0 Å². The SMILES string of the molecule is CC1(C)OCC(/C=C/CCC(=O)O)N1C(=O)OCC1c2ccccc2-c2ccccc21. The number of ether oxygens (including phenoxy) is 2. The highest BCUT2D eigenvalue weighted by atomic mass is 16.6. The van der Waals surface area contributed by atoms with Gasteiger partial charge in [0.1, 0.15) is 12.3 Å². The molecule has 6 nitrogen and oxygen atoms in total. The van der Waals surface area contributed by atoms with Crippen molar-refractivity contribution in [3.8, 4) is 11.1 Å². The van der Waals surface area contributed by atoms with E-state index in [1.807, 2.05) is 44.2 Å². The van der Waals surface area contributed by atoms with Gasteiger partial charge in [-0.1, -0.05) is 60.7 Å². The van der Waals surface area contributed by atoms with Crippen molar-refractivity contribution in [2.45, 2.75) is 44.4 Å². The predicted molar refractivity (Wildman–Crippen MR) is 117 cm³/mol. The van der Waals surface area contributed by atoms with Crippen LogP contribution in [0.5, 0.6) is 0 Å². The quantitative estimate of drug-likeness (QED) is 0.679. The number of hydrogen-bond donors (Lipinski definition) is 1. The fourth-order valence-electron chi connectivity index (χ4n) is 4.45. The maximum atomic E-state index is 13.1. The van der Waals surface area contributed by atoms with Gasteiger partial charge in [0.25, 0.3) is 0 Å². The average molecular weight is 421 g/mol. The third-order valence-corrected chi connectivity index (χ3v) is 5.93. The summed E-state index contributed by atoms with van der Waals surface area (Å²) in [6.45, 7) is 4.26. The Kier molecular flexibility index (Phi) is 5.83. The second-order valence-electron chi connectivity index (χ2n) is 8.36. The molecule has 6 heteroatoms. The first kappa shape index (κ1) is 21.1. The first-order valence-electron chi connectivity index (χ1n) is 10.5. The number of rotatable bonds is 6. The van der Waals surface area contributed by atoms with Gasteiger partial charge in [0.15, 0.2) is 0 Å². The van der Waals surface area contributed by atoms with Gasteiger partial charge in [-0.15, -0.1) is 0 Å². The summed E-state index contributed by atoms with van der Waals surface area (Å²) in [6, 6.07) is 16.2. The molecule has 162 valence electrons. The van der Waals surface area contributed by atoms with E-state index < -0.39 is 17.8 Å². The van der Waals surface area contributed by atoms with E-state index >= 15 is 0 Å². The van der Waals surface area contributed by atoms with Crippen LogP contribution in [0.15, 0.2) is 60.7 Å². The van der Waals surface area contributed by atoms with E-state index in [1.165, 1.54) is 22.3 Å². The van der Waals surface area contributed by atoms with Crippen molar-refractivity contribution in [3.63, 3.8) is 0 Å². The molecule has 2 aromatic rings. The van der Waals surface area contributed by atoms with Crippen LogP contribution in [0.2, 0.25) is 0 Å². The monoisotopic (exact) mass is 421 g/mol. The van der Waals surface area contributed by atoms with Gasteiger partial charge in [0.05, 0.1) is 12.6 Å². The van der Waals surface area contributed by atoms with Crippen molar-refractivity contribution >= 4 is 12.1 Å². The molecule has 1 heterocycles. The molecule has 0 aromatic heterocycles. The second-order valence-corrected chi connectivity index (χ2v) is 8.36. The molecule has 1 aliphatic carbocycles. The number of benzene rings is 2. The Bertz CT molecular complexity index is 967. The lowest BCUT2D eigenvalue weighted by Crippen LogP contribution is -2.47. The summed E-state index contributed by atoms with van der Waals surface area (Å²) < 4.78 is 11.6. The molecular weight excluding hydrogens is 394 g/mol. The van der Waals surface area contributed by atoms with Gasteiger partial charge in [-0.2, -0.15) is 0 Å². The number of carboxylic acid groups (broad SMARTS) is 1. The highest BCUT2D eigenvalue weighted by Gasteiger charge is 2.44. The van der Waals surface area contributed by atoms with Crippen LogP contribution in [0.25, 0.3) is 11.1 Å². The minimum atomic E-state index is -0.846. The molecule has 0 radical (unpaired) electrons. The molecule has 0 spiro atoms. The van der Waals surface area contributed by atoms with E-state index in [1.54, 1.807) is 11.0 Å². The zero-order valence-corrected chi connectivity index (χ0v) is 17.8. The summed E-state index contributed by atoms with van der Waals surface area (Å²) >= 11 is 0. The van der Waals surface area contributed by atoms with Gasteiger partial charge >= 0.3 is 12.1 Å². The number of allylic oxidation sites excluding steroid dienone is 1. The lowest BCUT2D eigenvalue weighted by atomic mass is 9.98. The van der Waals surface area contributed by atoms with Crippen LogP contribution in [0.3, 0.4) is 0 Å². The molecule has 1 atom stereocenters. The summed E-state index contributed by atoms with van der Waals surface area (Å²) in [4.78, 5) is 25.4. The van der Waals surface area contributed by atoms with E-state index in [2.05, 4.69) is 24.3 Å². The second kappa shape index (κ2) is 8.55. The summed E-state index contributed by atoms with van der Waals surface area (Å²) in [5, 5.41) is 8.80. The van der Waals surface area contributed by atoms with Crippen LogP contribution in [-0.4, -0.2) is 47.0 Å². The highest BCUT2D eigenvalue weighted by molar-refractivity contribution is 5.79. The minimum absolute atomic E-state index is 0.00691. The number of carbonyl (C=O) groups excluding carboxylic acids is 1. The number of carbonyl (C=O) groups is 2. The Labute approximate surface area is 182 Å². The van der Waals surface area contributed by atoms with E-state index in [4.69, 9.17) is 14.6 Å². The molecule has 0 saturated carbocycles. The molecule has 2 aromatic carbocycles. The summed E-state index contributed by atoms with van der Waals surface area (Å²) in [7, 11) is 0. The lowest BCUT2D eigenvalue weighted by Gasteiger charge is -2.32. The molecule has 1 unspecified atom stereocenters. The summed E-state index contributed by atoms with van der Waals surface area (Å²) in [5.41, 5.74) is 3.90. The van der Waals surface area contributed by atoms with E-state index in [0.717, 1.165) is 0 Å². The van der Waals surface area contributed by atoms with Crippen molar-refractivity contribution in [1.29, 1.82) is 0 Å². The largest absolute Gasteiger partial charge is 0.481 e. The van der Waals surface area contributed by atoms with Crippen LogP contribution < -0.4 is 0 Å². The number of amides is 1. The maximum absolute atomic E-state index is 13.1. The van der Waals surface area contributed by atoms with E-state index in [-0.39, 0.29) is 25.0 Å². The summed E-state index contributed by atoms with van der Waals surface area (Å²) in [5.74, 6) is -0.853. The molecule has 0 bridgehead atoms. The fraction of sp³-hybridized carbons (Fsp3) is 0.360. The molecule has 1 aliphatic heterocycles. The van der Waals surface area contributed by atoms with Gasteiger partial charge in [-0.25, -0.2) is 4.79 Å². The molecule has 1 amide bonds. The van der Waals surface area contributed by atoms with Crippen LogP contribution in [0.4, 0.5) is 4.79 Å². The maximum Gasteiger partial charge on any atom is 0.412 e. The van der Waals surface area contributed by atoms with Crippen molar-refractivity contribution in [3.05, 3.63) is 71.8 Å². The fourth-order valence-corrected chi connectivity index (χ4v) is 4.45. The third kappa shape index (κ3) is 4.21. The van der Waals surface area contributed by atoms with Crippen LogP contribution >= 0.6 is 0 Å². The van der Waals surface area contributed by atoms with Crippen molar-refractivity contribution in [2.24, 2.45) is 0 Å². The number of fused-ring (bicyclic) bond motifs is 3. The number of nitrogens with zero attached hydrogens (tertiary/aromatic N) is 1. The Hall–Kier alpha value is -3.12. The van der Waals surface area contributed by atoms with E-state index in [0.29, 0.717) is 13.0 Å². The average Bonchev–Trinajstić information content (AvgIpc) is 3.23. The zero-order chi connectivity index (χ0) is 22.0. The first-order chi connectivity index (χ1) is 14.9. The topological polar surface area (TPSA) is 76.1 Å². The Morgan fingerprint density at radius 3 is 2.35 bits per heavy atom. The van der Waals surface area contributed by atoms with Crippen molar-refractivity contribution in [1.82, 2.24) is 4.90 Å². The van der Waals surface area contributed by atoms with Gasteiger partial charge in [-0.3, -0.25) is 9.69 Å². The standard InChI is InChI=1S/C25H27NO5/c1-25(2)26(17(15-31-25)9-3-8-14-23(27)28)24(29)30-16-22-20-12-6-4-10-18(20)19-11-5-7-13-21(19)22/h3-7,9-13,17,22H,8,14-16H2,1-2H3,(H,27,28)/b9-3+. The molecular formula is C25H27NO5. The smallest absolute Gasteiger partial charge is 0.412 e. The molecule has 1 fully saturated rings. The Balaban J connectivity index is 1.48. The van der Waals surface area contributed by atoms with Gasteiger partial charge < -0.3 is 14.6 Å². The van der Waals surface area contributed by atoms with Gasteiger partial charge in [0, 0.05) is 12.3 Å². The number of hydrogen-bond acceptors (Lipinski definition) is 4. The van der Waals surface area contributed by atoms with Crippen molar-refractivity contribution in [2.75, 3.05) is 13.2 Å². The van der Waals surface area contributed by atoms with Crippen LogP contribution in [-0.2, 0) is 14.3 Å². The molecule has 31 heavy (non-hydrogen) atoms. The lowest BCUT2D eigenvalue weighted by molar-refractivity contribution is -0.136. The molecule has 4 rings (SSSR count). The number of carboxylic acids is 1. The molecule has 1 saturated heterocycles. The normalized spacial score (nSPS) is 19.4. The summed E-state index contributed by atoms with van der Waals surface area (Å²) in [6.07, 6.45) is 3.65. The third-order valence-electron chi connectivity index (χ3n) is 5.93. The van der Waals surface area contributed by atoms with Crippen LogP contribution in [0, 0.1) is 0 Å². The predicted octanol–water partition coefficient (Wildman–Crippen LogP) is 4.79. The van der Waals surface area contributed by atoms with E-state index in [9.17, 15) is 9.59 Å². The number of aliphatic carboxylic acids is 1. The highest BCUT2D eigenvalue weighted by Crippen LogP contribution is 2.44. The molecule has 2 aliphatic rings. The molecule has 1 N–H and O–H groups in total.